The van der Waals surface area contributed by atoms with Crippen molar-refractivity contribution in [2.24, 2.45) is 5.92 Å². The summed E-state index contributed by atoms with van der Waals surface area (Å²) in [6, 6.07) is 10.2. The van der Waals surface area contributed by atoms with Crippen molar-refractivity contribution >= 4 is 11.6 Å². The van der Waals surface area contributed by atoms with Crippen LogP contribution in [0.15, 0.2) is 30.3 Å². The molecule has 3 heteroatoms. The first-order valence-electron chi connectivity index (χ1n) is 7.32. The van der Waals surface area contributed by atoms with Crippen LogP contribution in [-0.2, 0) is 4.79 Å². The molecule has 2 unspecified atom stereocenters. The summed E-state index contributed by atoms with van der Waals surface area (Å²) in [5, 5.41) is 6.29. The Morgan fingerprint density at radius 1 is 1.16 bits per heavy atom. The van der Waals surface area contributed by atoms with Crippen LogP contribution >= 0.6 is 0 Å². The first-order chi connectivity index (χ1) is 9.24. The Bertz CT molecular complexity index is 391. The van der Waals surface area contributed by atoms with E-state index in [-0.39, 0.29) is 5.91 Å². The molecule has 2 rings (SSSR count). The first-order valence-corrected chi connectivity index (χ1v) is 7.32. The number of rotatable bonds is 4. The fourth-order valence-electron chi connectivity index (χ4n) is 2.65. The van der Waals surface area contributed by atoms with Crippen LogP contribution in [0.5, 0.6) is 0 Å². The van der Waals surface area contributed by atoms with Crippen LogP contribution in [0.25, 0.3) is 0 Å². The van der Waals surface area contributed by atoms with Gasteiger partial charge in [-0.15, -0.1) is 0 Å². The van der Waals surface area contributed by atoms with Gasteiger partial charge in [0, 0.05) is 11.7 Å². The van der Waals surface area contributed by atoms with Gasteiger partial charge in [-0.05, 0) is 37.3 Å². The zero-order chi connectivity index (χ0) is 13.5. The fraction of sp³-hybridized carbons (Fsp3) is 0.562. The van der Waals surface area contributed by atoms with Crippen molar-refractivity contribution in [1.29, 1.82) is 0 Å². The molecule has 0 radical (unpaired) electrons. The molecule has 1 saturated carbocycles. The Balaban J connectivity index is 1.72. The van der Waals surface area contributed by atoms with Gasteiger partial charge in [-0.1, -0.05) is 38.0 Å². The van der Waals surface area contributed by atoms with E-state index in [0.29, 0.717) is 12.6 Å². The number of hydrogen-bond acceptors (Lipinski definition) is 2. The lowest BCUT2D eigenvalue weighted by Gasteiger charge is -2.17. The lowest BCUT2D eigenvalue weighted by molar-refractivity contribution is -0.120. The van der Waals surface area contributed by atoms with Gasteiger partial charge in [0.25, 0.3) is 0 Å². The minimum absolute atomic E-state index is 0.100. The predicted octanol–water partition coefficient (Wildman–Crippen LogP) is 3.18. The van der Waals surface area contributed by atoms with Crippen LogP contribution in [0, 0.1) is 5.92 Å². The summed E-state index contributed by atoms with van der Waals surface area (Å²) < 4.78 is 0. The quantitative estimate of drug-likeness (QED) is 0.816. The van der Waals surface area contributed by atoms with Crippen molar-refractivity contribution in [2.45, 2.75) is 45.1 Å². The Labute approximate surface area is 115 Å². The standard InChI is InChI=1S/C16H24N2O/c1-13-6-5-9-15(11-10-13)18-16(19)12-17-14-7-3-2-4-8-14/h2-4,7-8,13,15,17H,5-6,9-12H2,1H3,(H,18,19). The van der Waals surface area contributed by atoms with Crippen LogP contribution in [-0.4, -0.2) is 18.5 Å². The van der Waals surface area contributed by atoms with E-state index in [1.54, 1.807) is 0 Å². The average molecular weight is 260 g/mol. The predicted molar refractivity (Wildman–Crippen MR) is 79.1 cm³/mol. The Kier molecular flexibility index (Phi) is 5.25. The van der Waals surface area contributed by atoms with Crippen molar-refractivity contribution in [1.82, 2.24) is 5.32 Å². The maximum absolute atomic E-state index is 11.9. The van der Waals surface area contributed by atoms with Gasteiger partial charge < -0.3 is 10.6 Å². The third kappa shape index (κ3) is 4.93. The van der Waals surface area contributed by atoms with Crippen LogP contribution in [0.4, 0.5) is 5.69 Å². The molecule has 2 N–H and O–H groups in total. The van der Waals surface area contributed by atoms with Gasteiger partial charge in [0.2, 0.25) is 5.91 Å². The molecular formula is C16H24N2O. The van der Waals surface area contributed by atoms with E-state index >= 15 is 0 Å². The molecule has 1 aliphatic carbocycles. The summed E-state index contributed by atoms with van der Waals surface area (Å²) in [6.45, 7) is 2.66. The maximum atomic E-state index is 11.9. The summed E-state index contributed by atoms with van der Waals surface area (Å²) in [5.74, 6) is 0.910. The molecule has 0 aliphatic heterocycles. The highest BCUT2D eigenvalue weighted by Crippen LogP contribution is 2.22. The Hall–Kier alpha value is -1.51. The smallest absolute Gasteiger partial charge is 0.239 e. The third-order valence-electron chi connectivity index (χ3n) is 3.85. The zero-order valence-electron chi connectivity index (χ0n) is 11.7. The molecule has 1 fully saturated rings. The number of carbonyl (C=O) groups excluding carboxylic acids is 1. The van der Waals surface area contributed by atoms with Crippen molar-refractivity contribution in [3.05, 3.63) is 30.3 Å². The molecule has 0 spiro atoms. The van der Waals surface area contributed by atoms with Gasteiger partial charge in [-0.25, -0.2) is 0 Å². The van der Waals surface area contributed by atoms with Crippen molar-refractivity contribution in [2.75, 3.05) is 11.9 Å². The number of hydrogen-bond donors (Lipinski definition) is 2. The molecule has 19 heavy (non-hydrogen) atoms. The van der Waals surface area contributed by atoms with E-state index in [1.165, 1.54) is 19.3 Å². The lowest BCUT2D eigenvalue weighted by atomic mass is 10.0. The molecule has 1 amide bonds. The van der Waals surface area contributed by atoms with Crippen molar-refractivity contribution < 1.29 is 4.79 Å². The molecule has 0 heterocycles. The summed E-state index contributed by atoms with van der Waals surface area (Å²) in [5.41, 5.74) is 0.993. The van der Waals surface area contributed by atoms with Crippen LogP contribution < -0.4 is 10.6 Å². The second-order valence-electron chi connectivity index (χ2n) is 5.60. The second kappa shape index (κ2) is 7.17. The largest absolute Gasteiger partial charge is 0.376 e. The summed E-state index contributed by atoms with van der Waals surface area (Å²) in [7, 11) is 0. The zero-order valence-corrected chi connectivity index (χ0v) is 11.7. The minimum Gasteiger partial charge on any atom is -0.376 e. The molecule has 104 valence electrons. The second-order valence-corrected chi connectivity index (χ2v) is 5.60. The number of anilines is 1. The van der Waals surface area contributed by atoms with Crippen LogP contribution in [0.2, 0.25) is 0 Å². The van der Waals surface area contributed by atoms with E-state index in [4.69, 9.17) is 0 Å². The SMILES string of the molecule is CC1CCCC(NC(=O)CNc2ccccc2)CC1. The number of para-hydroxylation sites is 1. The summed E-state index contributed by atoms with van der Waals surface area (Å²) >= 11 is 0. The van der Waals surface area contributed by atoms with Gasteiger partial charge in [0.1, 0.15) is 0 Å². The van der Waals surface area contributed by atoms with Gasteiger partial charge in [0.05, 0.1) is 6.54 Å². The molecule has 1 aromatic rings. The number of amides is 1. The summed E-state index contributed by atoms with van der Waals surface area (Å²) in [4.78, 5) is 11.9. The minimum atomic E-state index is 0.100. The van der Waals surface area contributed by atoms with Gasteiger partial charge in [0.15, 0.2) is 0 Å². The van der Waals surface area contributed by atoms with E-state index in [9.17, 15) is 4.79 Å². The van der Waals surface area contributed by atoms with Gasteiger partial charge in [-0.3, -0.25) is 4.79 Å². The number of benzene rings is 1. The highest BCUT2D eigenvalue weighted by atomic mass is 16.1. The molecule has 1 aromatic carbocycles. The maximum Gasteiger partial charge on any atom is 0.239 e. The summed E-state index contributed by atoms with van der Waals surface area (Å²) in [6.07, 6.45) is 6.02. The molecule has 0 saturated heterocycles. The van der Waals surface area contributed by atoms with Gasteiger partial charge in [-0.2, -0.15) is 0 Å². The topological polar surface area (TPSA) is 41.1 Å². The Morgan fingerprint density at radius 3 is 2.74 bits per heavy atom. The molecule has 1 aliphatic rings. The first kappa shape index (κ1) is 13.9. The monoisotopic (exact) mass is 260 g/mol. The molecule has 3 nitrogen and oxygen atoms in total. The molecule has 0 bridgehead atoms. The van der Waals surface area contributed by atoms with Crippen molar-refractivity contribution in [3.8, 4) is 0 Å². The van der Waals surface area contributed by atoms with E-state index in [1.807, 2.05) is 30.3 Å². The van der Waals surface area contributed by atoms with Crippen molar-refractivity contribution in [3.63, 3.8) is 0 Å². The highest BCUT2D eigenvalue weighted by Gasteiger charge is 2.17. The Morgan fingerprint density at radius 2 is 1.95 bits per heavy atom. The third-order valence-corrected chi connectivity index (χ3v) is 3.85. The number of nitrogens with one attached hydrogen (secondary N) is 2. The normalized spacial score (nSPS) is 23.4. The highest BCUT2D eigenvalue weighted by molar-refractivity contribution is 5.80. The molecular weight excluding hydrogens is 236 g/mol. The van der Waals surface area contributed by atoms with Crippen LogP contribution in [0.1, 0.15) is 39.0 Å². The fourth-order valence-corrected chi connectivity index (χ4v) is 2.65. The van der Waals surface area contributed by atoms with Crippen LogP contribution in [0.3, 0.4) is 0 Å². The molecule has 2 atom stereocenters. The van der Waals surface area contributed by atoms with E-state index in [0.717, 1.165) is 24.4 Å². The van der Waals surface area contributed by atoms with Gasteiger partial charge >= 0.3 is 0 Å². The average Bonchev–Trinajstić information content (AvgIpc) is 2.63. The number of carbonyl (C=O) groups is 1. The van der Waals surface area contributed by atoms with E-state index in [2.05, 4.69) is 17.6 Å². The van der Waals surface area contributed by atoms with E-state index < -0.39 is 0 Å². The lowest BCUT2D eigenvalue weighted by Crippen LogP contribution is -2.38. The molecule has 0 aromatic heterocycles.